The van der Waals surface area contributed by atoms with E-state index in [4.69, 9.17) is 22.7 Å². The van der Waals surface area contributed by atoms with Crippen molar-refractivity contribution in [2.45, 2.75) is 6.61 Å². The summed E-state index contributed by atoms with van der Waals surface area (Å²) in [6, 6.07) is 22.1. The summed E-state index contributed by atoms with van der Waals surface area (Å²) in [4.78, 5) is 0.399. The van der Waals surface area contributed by atoms with Crippen molar-refractivity contribution in [1.82, 2.24) is 0 Å². The number of fused-ring (bicyclic) bond motifs is 1. The molecule has 0 heterocycles. The van der Waals surface area contributed by atoms with Gasteiger partial charge in [-0.3, -0.25) is 0 Å². The number of rotatable bonds is 4. The minimum Gasteiger partial charge on any atom is -0.489 e. The molecule has 3 heteroatoms. The summed E-state index contributed by atoms with van der Waals surface area (Å²) < 4.78 is 5.85. The van der Waals surface area contributed by atoms with Gasteiger partial charge in [-0.15, -0.1) is 0 Å². The number of nitrogens with two attached hydrogens (primary N) is 1. The first kappa shape index (κ1) is 13.6. The quantitative estimate of drug-likeness (QED) is 0.737. The van der Waals surface area contributed by atoms with Gasteiger partial charge in [-0.1, -0.05) is 54.7 Å². The lowest BCUT2D eigenvalue weighted by molar-refractivity contribution is 0.307. The highest BCUT2D eigenvalue weighted by molar-refractivity contribution is 7.80. The molecule has 0 aliphatic rings. The third kappa shape index (κ3) is 3.03. The lowest BCUT2D eigenvalue weighted by Gasteiger charge is -2.09. The molecule has 0 fully saturated rings. The molecule has 3 rings (SSSR count). The second-order valence-electron chi connectivity index (χ2n) is 4.82. The molecule has 0 aliphatic carbocycles. The van der Waals surface area contributed by atoms with Crippen LogP contribution in [0.4, 0.5) is 0 Å². The highest BCUT2D eigenvalue weighted by Crippen LogP contribution is 2.21. The summed E-state index contributed by atoms with van der Waals surface area (Å²) >= 11 is 4.94. The molecule has 0 saturated carbocycles. The van der Waals surface area contributed by atoms with Gasteiger partial charge in [0.05, 0.1) is 0 Å². The van der Waals surface area contributed by atoms with Gasteiger partial charge in [0.1, 0.15) is 17.3 Å². The summed E-state index contributed by atoms with van der Waals surface area (Å²) in [6.07, 6.45) is 0. The van der Waals surface area contributed by atoms with E-state index in [0.717, 1.165) is 11.3 Å². The molecule has 0 aromatic heterocycles. The zero-order chi connectivity index (χ0) is 14.7. The fraction of sp³-hybridized carbons (Fsp3) is 0.0556. The summed E-state index contributed by atoms with van der Waals surface area (Å²) in [5.74, 6) is 0.808. The zero-order valence-corrected chi connectivity index (χ0v) is 12.3. The minimum absolute atomic E-state index is 0.399. The van der Waals surface area contributed by atoms with Crippen molar-refractivity contribution < 1.29 is 4.74 Å². The van der Waals surface area contributed by atoms with Gasteiger partial charge in [0, 0.05) is 5.56 Å². The first-order valence-corrected chi connectivity index (χ1v) is 7.14. The van der Waals surface area contributed by atoms with Crippen LogP contribution in [0.3, 0.4) is 0 Å². The van der Waals surface area contributed by atoms with Crippen LogP contribution >= 0.6 is 12.2 Å². The third-order valence-electron chi connectivity index (χ3n) is 3.41. The van der Waals surface area contributed by atoms with Crippen molar-refractivity contribution in [2.75, 3.05) is 0 Å². The third-order valence-corrected chi connectivity index (χ3v) is 3.65. The summed E-state index contributed by atoms with van der Waals surface area (Å²) in [6.45, 7) is 0.535. The van der Waals surface area contributed by atoms with Gasteiger partial charge < -0.3 is 10.5 Å². The minimum atomic E-state index is 0.399. The first-order chi connectivity index (χ1) is 10.2. The van der Waals surface area contributed by atoms with E-state index in [2.05, 4.69) is 30.3 Å². The molecule has 3 aromatic rings. The first-order valence-electron chi connectivity index (χ1n) is 6.73. The Labute approximate surface area is 129 Å². The Morgan fingerprint density at radius 2 is 1.62 bits per heavy atom. The Morgan fingerprint density at radius 3 is 2.38 bits per heavy atom. The maximum Gasteiger partial charge on any atom is 0.119 e. The SMILES string of the molecule is NC(=S)c1ccc(OCc2cccc3ccccc23)cc1. The van der Waals surface area contributed by atoms with Crippen LogP contribution in [-0.4, -0.2) is 4.99 Å². The van der Waals surface area contributed by atoms with Crippen molar-refractivity contribution in [1.29, 1.82) is 0 Å². The van der Waals surface area contributed by atoms with Crippen molar-refractivity contribution in [2.24, 2.45) is 5.73 Å². The van der Waals surface area contributed by atoms with Crippen LogP contribution in [0, 0.1) is 0 Å². The van der Waals surface area contributed by atoms with E-state index in [1.54, 1.807) is 0 Å². The van der Waals surface area contributed by atoms with E-state index in [-0.39, 0.29) is 0 Å². The molecule has 2 N–H and O–H groups in total. The molecule has 2 nitrogen and oxygen atoms in total. The molecule has 0 atom stereocenters. The van der Waals surface area contributed by atoms with Gasteiger partial charge in [-0.05, 0) is 40.6 Å². The largest absolute Gasteiger partial charge is 0.489 e. The molecule has 21 heavy (non-hydrogen) atoms. The Kier molecular flexibility index (Phi) is 3.84. The summed E-state index contributed by atoms with van der Waals surface area (Å²) in [7, 11) is 0. The predicted molar refractivity (Wildman–Crippen MR) is 90.6 cm³/mol. The fourth-order valence-corrected chi connectivity index (χ4v) is 2.43. The van der Waals surface area contributed by atoms with Gasteiger partial charge in [-0.2, -0.15) is 0 Å². The van der Waals surface area contributed by atoms with Gasteiger partial charge >= 0.3 is 0 Å². The maximum absolute atomic E-state index is 5.85. The number of thiocarbonyl (C=S) groups is 1. The standard InChI is InChI=1S/C18H15NOS/c19-18(21)14-8-10-16(11-9-14)20-12-15-6-3-5-13-4-1-2-7-17(13)15/h1-11H,12H2,(H2,19,21). The van der Waals surface area contributed by atoms with Gasteiger partial charge in [0.2, 0.25) is 0 Å². The molecule has 0 amide bonds. The van der Waals surface area contributed by atoms with Crippen molar-refractivity contribution in [3.63, 3.8) is 0 Å². The second-order valence-corrected chi connectivity index (χ2v) is 5.26. The molecule has 104 valence electrons. The Morgan fingerprint density at radius 1 is 0.905 bits per heavy atom. The van der Waals surface area contributed by atoms with Crippen LogP contribution in [0.25, 0.3) is 10.8 Å². The highest BCUT2D eigenvalue weighted by Gasteiger charge is 2.02. The van der Waals surface area contributed by atoms with E-state index in [9.17, 15) is 0 Å². The van der Waals surface area contributed by atoms with E-state index < -0.39 is 0 Å². The van der Waals surface area contributed by atoms with Crippen LogP contribution in [-0.2, 0) is 6.61 Å². The predicted octanol–water partition coefficient (Wildman–Crippen LogP) is 4.05. The average molecular weight is 293 g/mol. The van der Waals surface area contributed by atoms with Crippen LogP contribution in [0.15, 0.2) is 66.7 Å². The molecule has 0 radical (unpaired) electrons. The van der Waals surface area contributed by atoms with E-state index in [1.165, 1.54) is 16.3 Å². The second kappa shape index (κ2) is 5.94. The number of hydrogen-bond donors (Lipinski definition) is 1. The lowest BCUT2D eigenvalue weighted by atomic mass is 10.1. The van der Waals surface area contributed by atoms with Crippen LogP contribution in [0.2, 0.25) is 0 Å². The average Bonchev–Trinajstić information content (AvgIpc) is 2.53. The molecule has 3 aromatic carbocycles. The molecule has 0 saturated heterocycles. The van der Waals surface area contributed by atoms with Crippen LogP contribution < -0.4 is 10.5 Å². The van der Waals surface area contributed by atoms with E-state index in [1.807, 2.05) is 36.4 Å². The van der Waals surface area contributed by atoms with E-state index >= 15 is 0 Å². The number of benzene rings is 3. The Hall–Kier alpha value is -2.39. The molecule has 0 aliphatic heterocycles. The van der Waals surface area contributed by atoms with Gasteiger partial charge in [-0.25, -0.2) is 0 Å². The number of ether oxygens (including phenoxy) is 1. The topological polar surface area (TPSA) is 35.2 Å². The fourth-order valence-electron chi connectivity index (χ4n) is 2.29. The normalized spacial score (nSPS) is 10.5. The molecule has 0 bridgehead atoms. The summed E-state index contributed by atoms with van der Waals surface area (Å²) in [5, 5.41) is 2.45. The van der Waals surface area contributed by atoms with E-state index in [0.29, 0.717) is 11.6 Å². The van der Waals surface area contributed by atoms with Crippen molar-refractivity contribution >= 4 is 28.0 Å². The van der Waals surface area contributed by atoms with Crippen molar-refractivity contribution in [3.05, 3.63) is 77.9 Å². The Balaban J connectivity index is 1.79. The number of hydrogen-bond acceptors (Lipinski definition) is 2. The monoisotopic (exact) mass is 293 g/mol. The highest BCUT2D eigenvalue weighted by atomic mass is 32.1. The lowest BCUT2D eigenvalue weighted by Crippen LogP contribution is -2.08. The molecular weight excluding hydrogens is 278 g/mol. The Bertz CT molecular complexity index is 775. The molecule has 0 unspecified atom stereocenters. The van der Waals surface area contributed by atoms with Crippen LogP contribution in [0.5, 0.6) is 5.75 Å². The van der Waals surface area contributed by atoms with Gasteiger partial charge in [0.15, 0.2) is 0 Å². The molecule has 0 spiro atoms. The smallest absolute Gasteiger partial charge is 0.119 e. The van der Waals surface area contributed by atoms with Gasteiger partial charge in [0.25, 0.3) is 0 Å². The maximum atomic E-state index is 5.85. The molecular formula is C18H15NOS. The van der Waals surface area contributed by atoms with Crippen LogP contribution in [0.1, 0.15) is 11.1 Å². The summed E-state index contributed by atoms with van der Waals surface area (Å²) in [5.41, 5.74) is 7.60. The zero-order valence-electron chi connectivity index (χ0n) is 11.5. The van der Waals surface area contributed by atoms with Crippen molar-refractivity contribution in [3.8, 4) is 5.75 Å².